The molecule has 0 spiro atoms. The minimum absolute atomic E-state index is 0.0134. The molecule has 4 heteroatoms. The van der Waals surface area contributed by atoms with Gasteiger partial charge < -0.3 is 0 Å². The molecule has 0 heterocycles. The monoisotopic (exact) mass is 245 g/mol. The number of hydrogen-bond donors (Lipinski definition) is 1. The summed E-state index contributed by atoms with van der Waals surface area (Å²) in [6.45, 7) is 3.76. The molecule has 0 aliphatic carbocycles. The van der Waals surface area contributed by atoms with Crippen LogP contribution in [0.3, 0.4) is 0 Å². The number of benzene rings is 1. The Morgan fingerprint density at radius 3 is 2.06 bits per heavy atom. The molecule has 1 atom stereocenters. The number of rotatable bonds is 5. The molecule has 0 saturated carbocycles. The lowest BCUT2D eigenvalue weighted by Gasteiger charge is -2.36. The van der Waals surface area contributed by atoms with Gasteiger partial charge in [-0.2, -0.15) is 13.2 Å². The Balaban J connectivity index is 3.17. The Bertz CT molecular complexity index is 334. The zero-order valence-electron chi connectivity index (χ0n) is 10.1. The zero-order chi connectivity index (χ0) is 12.9. The topological polar surface area (TPSA) is 12.0 Å². The van der Waals surface area contributed by atoms with Gasteiger partial charge in [0.25, 0.3) is 0 Å². The summed E-state index contributed by atoms with van der Waals surface area (Å²) in [6, 6.07) is 8.05. The van der Waals surface area contributed by atoms with Crippen LogP contribution >= 0.6 is 0 Å². The van der Waals surface area contributed by atoms with Crippen LogP contribution < -0.4 is 5.32 Å². The van der Waals surface area contributed by atoms with Crippen molar-refractivity contribution in [1.82, 2.24) is 5.32 Å². The summed E-state index contributed by atoms with van der Waals surface area (Å²) in [6.07, 6.45) is -3.64. The molecule has 0 saturated heterocycles. The van der Waals surface area contributed by atoms with Gasteiger partial charge in [0.05, 0.1) is 0 Å². The summed E-state index contributed by atoms with van der Waals surface area (Å²) < 4.78 is 40.0. The summed E-state index contributed by atoms with van der Waals surface area (Å²) >= 11 is 0. The van der Waals surface area contributed by atoms with E-state index < -0.39 is 11.7 Å². The lowest BCUT2D eigenvalue weighted by Crippen LogP contribution is -2.53. The third kappa shape index (κ3) is 2.80. The summed E-state index contributed by atoms with van der Waals surface area (Å²) in [4.78, 5) is 0. The van der Waals surface area contributed by atoms with Crippen molar-refractivity contribution in [1.29, 1.82) is 0 Å². The molecular weight excluding hydrogens is 227 g/mol. The van der Waals surface area contributed by atoms with Gasteiger partial charge in [0, 0.05) is 0 Å². The molecule has 1 N–H and O–H groups in total. The quantitative estimate of drug-likeness (QED) is 0.830. The van der Waals surface area contributed by atoms with Crippen LogP contribution in [-0.4, -0.2) is 12.7 Å². The van der Waals surface area contributed by atoms with Gasteiger partial charge >= 0.3 is 6.18 Å². The van der Waals surface area contributed by atoms with E-state index in [9.17, 15) is 13.2 Å². The third-order valence-electron chi connectivity index (χ3n) is 2.96. The minimum Gasteiger partial charge on any atom is -0.300 e. The highest BCUT2D eigenvalue weighted by atomic mass is 19.4. The van der Waals surface area contributed by atoms with Crippen LogP contribution in [0.5, 0.6) is 0 Å². The number of hydrogen-bond acceptors (Lipinski definition) is 1. The predicted octanol–water partition coefficient (Wildman–Crippen LogP) is 3.85. The smallest absolute Gasteiger partial charge is 0.300 e. The van der Waals surface area contributed by atoms with E-state index >= 15 is 0 Å². The molecule has 17 heavy (non-hydrogen) atoms. The summed E-state index contributed by atoms with van der Waals surface area (Å²) in [5.41, 5.74) is -1.65. The average Bonchev–Trinajstić information content (AvgIpc) is 2.30. The first-order valence-electron chi connectivity index (χ1n) is 5.85. The van der Waals surface area contributed by atoms with Gasteiger partial charge in [0.2, 0.25) is 0 Å². The largest absolute Gasteiger partial charge is 0.410 e. The van der Waals surface area contributed by atoms with Gasteiger partial charge in [-0.3, -0.25) is 5.32 Å². The lowest BCUT2D eigenvalue weighted by molar-refractivity contribution is -0.202. The molecule has 96 valence electrons. The molecule has 1 aromatic carbocycles. The highest BCUT2D eigenvalue weighted by Crippen LogP contribution is 2.41. The minimum atomic E-state index is -4.29. The van der Waals surface area contributed by atoms with Crippen LogP contribution in [0.2, 0.25) is 0 Å². The standard InChI is InChI=1S/C13H18F3N/c1-3-10-17-12(4-2,13(14,15)16)11-8-6-5-7-9-11/h5-9,17H,3-4,10H2,1-2H3. The second-order valence-electron chi connectivity index (χ2n) is 4.05. The summed E-state index contributed by atoms with van der Waals surface area (Å²) in [5.74, 6) is 0. The average molecular weight is 245 g/mol. The van der Waals surface area contributed by atoms with E-state index in [0.29, 0.717) is 13.0 Å². The summed E-state index contributed by atoms with van der Waals surface area (Å²) in [7, 11) is 0. The van der Waals surface area contributed by atoms with Crippen LogP contribution in [0.4, 0.5) is 13.2 Å². The van der Waals surface area contributed by atoms with Crippen LogP contribution in [0.15, 0.2) is 30.3 Å². The molecule has 1 unspecified atom stereocenters. The van der Waals surface area contributed by atoms with E-state index in [1.807, 2.05) is 6.92 Å². The van der Waals surface area contributed by atoms with Crippen molar-refractivity contribution < 1.29 is 13.2 Å². The van der Waals surface area contributed by atoms with Crippen molar-refractivity contribution in [2.45, 2.75) is 38.4 Å². The highest BCUT2D eigenvalue weighted by molar-refractivity contribution is 5.26. The maximum Gasteiger partial charge on any atom is 0.410 e. The summed E-state index contributed by atoms with van der Waals surface area (Å²) in [5, 5.41) is 2.66. The molecule has 0 bridgehead atoms. The van der Waals surface area contributed by atoms with Gasteiger partial charge in [-0.05, 0) is 24.9 Å². The lowest BCUT2D eigenvalue weighted by atomic mass is 9.86. The van der Waals surface area contributed by atoms with E-state index in [2.05, 4.69) is 5.32 Å². The van der Waals surface area contributed by atoms with Crippen LogP contribution in [0.25, 0.3) is 0 Å². The van der Waals surface area contributed by atoms with Crippen molar-refractivity contribution in [2.75, 3.05) is 6.54 Å². The van der Waals surface area contributed by atoms with Crippen LogP contribution in [0.1, 0.15) is 32.3 Å². The molecule has 0 aliphatic heterocycles. The molecular formula is C13H18F3N. The van der Waals surface area contributed by atoms with E-state index in [0.717, 1.165) is 0 Å². The van der Waals surface area contributed by atoms with E-state index in [-0.39, 0.29) is 12.0 Å². The normalized spacial score (nSPS) is 15.6. The molecule has 1 nitrogen and oxygen atoms in total. The first kappa shape index (κ1) is 14.0. The Hall–Kier alpha value is -1.03. The van der Waals surface area contributed by atoms with Gasteiger partial charge in [-0.15, -0.1) is 0 Å². The maximum absolute atomic E-state index is 13.3. The fourth-order valence-corrected chi connectivity index (χ4v) is 1.96. The van der Waals surface area contributed by atoms with Crippen molar-refractivity contribution in [3.63, 3.8) is 0 Å². The third-order valence-corrected chi connectivity index (χ3v) is 2.96. The molecule has 1 rings (SSSR count). The second-order valence-corrected chi connectivity index (χ2v) is 4.05. The van der Waals surface area contributed by atoms with Gasteiger partial charge in [0.1, 0.15) is 5.54 Å². The van der Waals surface area contributed by atoms with E-state index in [1.165, 1.54) is 12.1 Å². The molecule has 0 amide bonds. The van der Waals surface area contributed by atoms with Crippen molar-refractivity contribution in [3.05, 3.63) is 35.9 Å². The Labute approximate surface area is 100 Å². The second kappa shape index (κ2) is 5.54. The van der Waals surface area contributed by atoms with Gasteiger partial charge in [-0.1, -0.05) is 44.2 Å². The zero-order valence-corrected chi connectivity index (χ0v) is 10.1. The Morgan fingerprint density at radius 2 is 1.65 bits per heavy atom. The van der Waals surface area contributed by atoms with Crippen molar-refractivity contribution in [3.8, 4) is 0 Å². The highest BCUT2D eigenvalue weighted by Gasteiger charge is 2.54. The van der Waals surface area contributed by atoms with Crippen LogP contribution in [0, 0.1) is 0 Å². The SMILES string of the molecule is CCCNC(CC)(c1ccccc1)C(F)(F)F. The molecule has 0 fully saturated rings. The first-order valence-corrected chi connectivity index (χ1v) is 5.85. The predicted molar refractivity (Wildman–Crippen MR) is 62.8 cm³/mol. The number of alkyl halides is 3. The molecule has 0 aliphatic rings. The maximum atomic E-state index is 13.3. The fourth-order valence-electron chi connectivity index (χ4n) is 1.96. The Morgan fingerprint density at radius 1 is 1.06 bits per heavy atom. The van der Waals surface area contributed by atoms with Crippen LogP contribution in [-0.2, 0) is 5.54 Å². The first-order chi connectivity index (χ1) is 7.98. The molecule has 0 aromatic heterocycles. The number of halogens is 3. The van der Waals surface area contributed by atoms with E-state index in [1.54, 1.807) is 25.1 Å². The number of nitrogens with one attached hydrogen (secondary N) is 1. The molecule has 1 aromatic rings. The Kier molecular flexibility index (Phi) is 4.57. The van der Waals surface area contributed by atoms with E-state index in [4.69, 9.17) is 0 Å². The molecule has 0 radical (unpaired) electrons. The van der Waals surface area contributed by atoms with Gasteiger partial charge in [0.15, 0.2) is 0 Å². The van der Waals surface area contributed by atoms with Gasteiger partial charge in [-0.25, -0.2) is 0 Å². The fraction of sp³-hybridized carbons (Fsp3) is 0.538. The van der Waals surface area contributed by atoms with Crippen molar-refractivity contribution in [2.24, 2.45) is 0 Å². The van der Waals surface area contributed by atoms with Crippen molar-refractivity contribution >= 4 is 0 Å².